The molecule has 0 spiro atoms. The van der Waals surface area contributed by atoms with E-state index in [1.54, 1.807) is 32.7 Å². The van der Waals surface area contributed by atoms with Crippen LogP contribution in [0.2, 0.25) is 0 Å². The number of hydrogen-bond donors (Lipinski definition) is 1. The lowest BCUT2D eigenvalue weighted by Gasteiger charge is -2.21. The van der Waals surface area contributed by atoms with Gasteiger partial charge in [0.25, 0.3) is 0 Å². The number of aromatic nitrogens is 3. The molecule has 0 saturated heterocycles. The molecule has 1 aromatic carbocycles. The monoisotopic (exact) mass is 388 g/mol. The quantitative estimate of drug-likeness (QED) is 0.681. The van der Waals surface area contributed by atoms with Crippen LogP contribution >= 0.6 is 11.3 Å². The van der Waals surface area contributed by atoms with E-state index in [0.717, 1.165) is 21.3 Å². The first kappa shape index (κ1) is 17.9. The van der Waals surface area contributed by atoms with Crippen molar-refractivity contribution in [2.45, 2.75) is 38.1 Å². The number of fused-ring (bicyclic) bond motifs is 1. The highest BCUT2D eigenvalue weighted by Crippen LogP contribution is 2.41. The maximum absolute atomic E-state index is 5.44. The molecule has 1 saturated carbocycles. The average molecular weight is 388 g/mol. The normalized spacial score (nSPS) is 15.1. The van der Waals surface area contributed by atoms with E-state index in [2.05, 4.69) is 10.4 Å². The van der Waals surface area contributed by atoms with Crippen molar-refractivity contribution in [2.24, 2.45) is 0 Å². The van der Waals surface area contributed by atoms with Crippen molar-refractivity contribution >= 4 is 21.4 Å². The predicted octanol–water partition coefficient (Wildman–Crippen LogP) is 4.23. The maximum atomic E-state index is 5.44. The van der Waals surface area contributed by atoms with E-state index < -0.39 is 0 Å². The van der Waals surface area contributed by atoms with Crippen molar-refractivity contribution in [3.05, 3.63) is 18.3 Å². The number of imidazole rings is 1. The molecule has 2 aromatic heterocycles. The molecule has 0 aliphatic heterocycles. The van der Waals surface area contributed by atoms with E-state index in [9.17, 15) is 0 Å². The Morgan fingerprint density at radius 3 is 2.33 bits per heavy atom. The molecule has 1 aliphatic rings. The molecule has 0 bridgehead atoms. The minimum absolute atomic E-state index is 0.532. The minimum atomic E-state index is 0.532. The smallest absolute Gasteiger partial charge is 0.214 e. The van der Waals surface area contributed by atoms with Crippen LogP contribution in [0.15, 0.2) is 18.3 Å². The zero-order valence-electron chi connectivity index (χ0n) is 15.8. The SMILES string of the molecule is COc1cc(-c2cn3nc(NC4CCCCC4)sc3n2)cc(OC)c1OC. The number of anilines is 1. The molecule has 1 aliphatic carbocycles. The highest BCUT2D eigenvalue weighted by Gasteiger charge is 2.18. The Labute approximate surface area is 162 Å². The second-order valence-electron chi connectivity index (χ2n) is 6.65. The molecule has 27 heavy (non-hydrogen) atoms. The van der Waals surface area contributed by atoms with E-state index in [1.165, 1.54) is 32.1 Å². The molecule has 0 unspecified atom stereocenters. The van der Waals surface area contributed by atoms with Crippen molar-refractivity contribution in [1.82, 2.24) is 14.6 Å². The molecule has 3 aromatic rings. The van der Waals surface area contributed by atoms with Crippen LogP contribution in [0, 0.1) is 0 Å². The summed E-state index contributed by atoms with van der Waals surface area (Å²) in [5, 5.41) is 9.13. The Bertz CT molecular complexity index is 874. The molecule has 2 heterocycles. The van der Waals surface area contributed by atoms with E-state index in [1.807, 2.05) is 22.8 Å². The summed E-state index contributed by atoms with van der Waals surface area (Å²) in [5.74, 6) is 1.79. The molecule has 8 heteroatoms. The van der Waals surface area contributed by atoms with Crippen LogP contribution in [-0.2, 0) is 0 Å². The standard InChI is InChI=1S/C19H24N4O3S/c1-24-15-9-12(10-16(25-2)17(15)26-3)14-11-23-19(21-14)27-18(22-23)20-13-7-5-4-6-8-13/h9-11,13H,4-8H2,1-3H3,(H,20,22). The summed E-state index contributed by atoms with van der Waals surface area (Å²) in [6.45, 7) is 0. The van der Waals surface area contributed by atoms with Crippen LogP contribution in [0.1, 0.15) is 32.1 Å². The number of hydrogen-bond acceptors (Lipinski definition) is 7. The van der Waals surface area contributed by atoms with Crippen molar-refractivity contribution in [3.63, 3.8) is 0 Å². The molecule has 1 fully saturated rings. The minimum Gasteiger partial charge on any atom is -0.493 e. The Hall–Kier alpha value is -2.48. The van der Waals surface area contributed by atoms with Gasteiger partial charge in [-0.3, -0.25) is 0 Å². The lowest BCUT2D eigenvalue weighted by Crippen LogP contribution is -2.22. The first-order valence-corrected chi connectivity index (χ1v) is 9.96. The van der Waals surface area contributed by atoms with Crippen molar-refractivity contribution in [1.29, 1.82) is 0 Å². The third-order valence-corrected chi connectivity index (χ3v) is 5.79. The van der Waals surface area contributed by atoms with Crippen LogP contribution < -0.4 is 19.5 Å². The second kappa shape index (κ2) is 7.64. The van der Waals surface area contributed by atoms with Crippen LogP contribution in [-0.4, -0.2) is 42.0 Å². The fourth-order valence-electron chi connectivity index (χ4n) is 3.55. The molecular formula is C19H24N4O3S. The lowest BCUT2D eigenvalue weighted by molar-refractivity contribution is 0.324. The van der Waals surface area contributed by atoms with E-state index >= 15 is 0 Å². The summed E-state index contributed by atoms with van der Waals surface area (Å²) in [4.78, 5) is 5.59. The highest BCUT2D eigenvalue weighted by atomic mass is 32.1. The molecular weight excluding hydrogens is 364 g/mol. The molecule has 7 nitrogen and oxygen atoms in total. The Kier molecular flexibility index (Phi) is 5.07. The topological polar surface area (TPSA) is 69.9 Å². The van der Waals surface area contributed by atoms with E-state index in [4.69, 9.17) is 19.2 Å². The number of benzene rings is 1. The number of rotatable bonds is 6. The first-order valence-electron chi connectivity index (χ1n) is 9.15. The fourth-order valence-corrected chi connectivity index (χ4v) is 4.41. The van der Waals surface area contributed by atoms with Gasteiger partial charge in [-0.05, 0) is 25.0 Å². The van der Waals surface area contributed by atoms with Gasteiger partial charge in [-0.1, -0.05) is 30.6 Å². The summed E-state index contributed by atoms with van der Waals surface area (Å²) < 4.78 is 18.1. The zero-order chi connectivity index (χ0) is 18.8. The third-order valence-electron chi connectivity index (χ3n) is 4.94. The predicted molar refractivity (Wildman–Crippen MR) is 106 cm³/mol. The first-order chi connectivity index (χ1) is 13.2. The van der Waals surface area contributed by atoms with Gasteiger partial charge in [-0.2, -0.15) is 0 Å². The summed E-state index contributed by atoms with van der Waals surface area (Å²) in [6, 6.07) is 4.33. The molecule has 0 atom stereocenters. The average Bonchev–Trinajstić information content (AvgIpc) is 3.26. The summed E-state index contributed by atoms with van der Waals surface area (Å²) in [5.41, 5.74) is 1.71. The Balaban J connectivity index is 1.61. The van der Waals surface area contributed by atoms with E-state index in [-0.39, 0.29) is 0 Å². The Morgan fingerprint density at radius 2 is 1.74 bits per heavy atom. The van der Waals surface area contributed by atoms with E-state index in [0.29, 0.717) is 23.3 Å². The molecule has 144 valence electrons. The zero-order valence-corrected chi connectivity index (χ0v) is 16.6. The van der Waals surface area contributed by atoms with Gasteiger partial charge >= 0.3 is 0 Å². The maximum Gasteiger partial charge on any atom is 0.214 e. The molecule has 0 amide bonds. The Morgan fingerprint density at radius 1 is 1.04 bits per heavy atom. The summed E-state index contributed by atoms with van der Waals surface area (Å²) in [7, 11) is 4.81. The van der Waals surface area contributed by atoms with Crippen LogP contribution in [0.3, 0.4) is 0 Å². The largest absolute Gasteiger partial charge is 0.493 e. The number of nitrogens with one attached hydrogen (secondary N) is 1. The second-order valence-corrected chi connectivity index (χ2v) is 7.61. The number of ether oxygens (including phenoxy) is 3. The van der Waals surface area contributed by atoms with Crippen molar-refractivity contribution in [3.8, 4) is 28.5 Å². The summed E-state index contributed by atoms with van der Waals surface area (Å²) in [6.07, 6.45) is 8.31. The van der Waals surface area contributed by atoms with Crippen molar-refractivity contribution in [2.75, 3.05) is 26.6 Å². The van der Waals surface area contributed by atoms with Gasteiger partial charge in [0.15, 0.2) is 11.5 Å². The van der Waals surface area contributed by atoms with Gasteiger partial charge in [0, 0.05) is 11.6 Å². The van der Waals surface area contributed by atoms with Crippen LogP contribution in [0.4, 0.5) is 5.13 Å². The molecule has 0 radical (unpaired) electrons. The molecule has 4 rings (SSSR count). The highest BCUT2D eigenvalue weighted by molar-refractivity contribution is 7.20. The van der Waals surface area contributed by atoms with Gasteiger partial charge in [0.05, 0.1) is 33.2 Å². The van der Waals surface area contributed by atoms with Crippen molar-refractivity contribution < 1.29 is 14.2 Å². The fraction of sp³-hybridized carbons (Fsp3) is 0.474. The van der Waals surface area contributed by atoms with Gasteiger partial charge in [-0.15, -0.1) is 5.10 Å². The number of nitrogens with zero attached hydrogens (tertiary/aromatic N) is 3. The number of methoxy groups -OCH3 is 3. The van der Waals surface area contributed by atoms with Crippen LogP contribution in [0.25, 0.3) is 16.2 Å². The van der Waals surface area contributed by atoms with Crippen LogP contribution in [0.5, 0.6) is 17.2 Å². The van der Waals surface area contributed by atoms with Gasteiger partial charge in [-0.25, -0.2) is 9.50 Å². The van der Waals surface area contributed by atoms with Gasteiger partial charge in [0.2, 0.25) is 15.8 Å². The third kappa shape index (κ3) is 3.53. The summed E-state index contributed by atoms with van der Waals surface area (Å²) >= 11 is 1.58. The lowest BCUT2D eigenvalue weighted by atomic mass is 9.96. The van der Waals surface area contributed by atoms with Gasteiger partial charge in [0.1, 0.15) is 0 Å². The molecule has 1 N–H and O–H groups in total. The van der Waals surface area contributed by atoms with Gasteiger partial charge < -0.3 is 19.5 Å².